The Bertz CT molecular complexity index is 532. The van der Waals surface area contributed by atoms with Gasteiger partial charge in [-0.2, -0.15) is 0 Å². The van der Waals surface area contributed by atoms with E-state index in [4.69, 9.17) is 2.74 Å². The fourth-order valence-electron chi connectivity index (χ4n) is 1.30. The summed E-state index contributed by atoms with van der Waals surface area (Å²) in [4.78, 5) is 13.3. The first-order valence-corrected chi connectivity index (χ1v) is 5.53. The zero-order valence-electron chi connectivity index (χ0n) is 10.4. The van der Waals surface area contributed by atoms with Crippen molar-refractivity contribution in [1.29, 1.82) is 0 Å². The number of hydrogen-bond acceptors (Lipinski definition) is 2. The molecule has 0 saturated heterocycles. The number of carbonyl (C=O) groups is 1. The second-order valence-electron chi connectivity index (χ2n) is 3.10. The molecule has 2 heteroatoms. The standard InChI is InChI=1S/C13H12OS/c1-2-11-8-9-12(15-11)13(14)10-6-4-3-5-7-10/h3-9H,2H2,1H3/i2D,8D. The summed E-state index contributed by atoms with van der Waals surface area (Å²) in [5.74, 6) is -0.0731. The minimum atomic E-state index is -0.454. The summed E-state index contributed by atoms with van der Waals surface area (Å²) < 4.78 is 15.3. The Kier molecular flexibility index (Phi) is 2.30. The molecule has 0 radical (unpaired) electrons. The number of ketones is 1. The van der Waals surface area contributed by atoms with Crippen molar-refractivity contribution in [3.63, 3.8) is 0 Å². The van der Waals surface area contributed by atoms with Gasteiger partial charge >= 0.3 is 0 Å². The predicted octanol–water partition coefficient (Wildman–Crippen LogP) is 3.54. The predicted molar refractivity (Wildman–Crippen MR) is 63.6 cm³/mol. The minimum absolute atomic E-state index is 0.0731. The molecule has 1 unspecified atom stereocenters. The maximum atomic E-state index is 12.1. The molecule has 1 heterocycles. The summed E-state index contributed by atoms with van der Waals surface area (Å²) in [5, 5.41) is 0. The Balaban J connectivity index is 2.36. The molecule has 0 N–H and O–H groups in total. The molecule has 0 bridgehead atoms. The van der Waals surface area contributed by atoms with Crippen LogP contribution < -0.4 is 0 Å². The lowest BCUT2D eigenvalue weighted by Crippen LogP contribution is -1.97. The maximum Gasteiger partial charge on any atom is 0.202 e. The summed E-state index contributed by atoms with van der Waals surface area (Å²) >= 11 is 1.25. The maximum absolute atomic E-state index is 12.1. The van der Waals surface area contributed by atoms with Gasteiger partial charge in [0.2, 0.25) is 5.78 Å². The van der Waals surface area contributed by atoms with E-state index in [0.717, 1.165) is 0 Å². The topological polar surface area (TPSA) is 17.1 Å². The van der Waals surface area contributed by atoms with E-state index < -0.39 is 6.40 Å². The van der Waals surface area contributed by atoms with Crippen LogP contribution in [-0.4, -0.2) is 5.78 Å². The Morgan fingerprint density at radius 2 is 2.13 bits per heavy atom. The van der Waals surface area contributed by atoms with Gasteiger partial charge in [-0.1, -0.05) is 37.3 Å². The second kappa shape index (κ2) is 4.41. The van der Waals surface area contributed by atoms with Gasteiger partial charge in [-0.05, 0) is 18.5 Å². The van der Waals surface area contributed by atoms with Crippen LogP contribution in [0.1, 0.15) is 29.8 Å². The van der Waals surface area contributed by atoms with Crippen molar-refractivity contribution in [2.45, 2.75) is 13.3 Å². The summed E-state index contributed by atoms with van der Waals surface area (Å²) in [6.07, 6.45) is -0.454. The van der Waals surface area contributed by atoms with Crippen LogP contribution in [0.25, 0.3) is 0 Å². The highest BCUT2D eigenvalue weighted by molar-refractivity contribution is 7.14. The van der Waals surface area contributed by atoms with Gasteiger partial charge in [0.25, 0.3) is 0 Å². The molecule has 0 spiro atoms. The third-order valence-corrected chi connectivity index (χ3v) is 3.18. The van der Waals surface area contributed by atoms with E-state index in [1.54, 1.807) is 25.1 Å². The van der Waals surface area contributed by atoms with Gasteiger partial charge in [-0.3, -0.25) is 4.79 Å². The molecule has 1 aromatic heterocycles. The van der Waals surface area contributed by atoms with Crippen LogP contribution in [0.2, 0.25) is 0 Å². The normalized spacial score (nSPS) is 14.2. The summed E-state index contributed by atoms with van der Waals surface area (Å²) in [5.41, 5.74) is 0.623. The van der Waals surface area contributed by atoms with E-state index in [0.29, 0.717) is 15.3 Å². The molecule has 76 valence electrons. The van der Waals surface area contributed by atoms with Crippen LogP contribution >= 0.6 is 11.3 Å². The molecule has 0 aliphatic heterocycles. The highest BCUT2D eigenvalue weighted by Gasteiger charge is 2.10. The molecular weight excluding hydrogens is 204 g/mol. The molecule has 2 aromatic rings. The lowest BCUT2D eigenvalue weighted by atomic mass is 10.1. The van der Waals surface area contributed by atoms with E-state index in [9.17, 15) is 4.79 Å². The summed E-state index contributed by atoms with van der Waals surface area (Å²) in [6.45, 7) is 1.71. The van der Waals surface area contributed by atoms with Crippen LogP contribution in [0.4, 0.5) is 0 Å². The van der Waals surface area contributed by atoms with Gasteiger partial charge in [0.05, 0.1) is 6.25 Å². The van der Waals surface area contributed by atoms with Crippen LogP contribution in [0.5, 0.6) is 0 Å². The molecular formula is C13H12OS. The number of thiophene rings is 1. The number of rotatable bonds is 3. The first kappa shape index (κ1) is 7.83. The molecule has 1 atom stereocenters. The average molecular weight is 218 g/mol. The van der Waals surface area contributed by atoms with E-state index in [-0.39, 0.29) is 11.8 Å². The van der Waals surface area contributed by atoms with E-state index in [1.165, 1.54) is 11.3 Å². The third kappa shape index (κ3) is 2.16. The number of carbonyl (C=O) groups excluding carboxylic acids is 1. The number of aryl methyl sites for hydroxylation is 1. The lowest BCUT2D eigenvalue weighted by molar-refractivity contribution is 0.104. The van der Waals surface area contributed by atoms with Crippen LogP contribution in [0, 0.1) is 0 Å². The third-order valence-electron chi connectivity index (χ3n) is 2.09. The first-order valence-electron chi connectivity index (χ1n) is 5.79. The summed E-state index contributed by atoms with van der Waals surface area (Å²) in [7, 11) is 0. The van der Waals surface area contributed by atoms with Gasteiger partial charge in [0.1, 0.15) is 0 Å². The molecule has 0 aliphatic carbocycles. The zero-order valence-corrected chi connectivity index (χ0v) is 9.17. The lowest BCUT2D eigenvalue weighted by Gasteiger charge is -1.96. The Morgan fingerprint density at radius 1 is 1.40 bits per heavy atom. The van der Waals surface area contributed by atoms with Crippen molar-refractivity contribution in [1.82, 2.24) is 0 Å². The van der Waals surface area contributed by atoms with Gasteiger partial charge in [-0.25, -0.2) is 0 Å². The van der Waals surface area contributed by atoms with Crippen molar-refractivity contribution in [2.75, 3.05) is 0 Å². The minimum Gasteiger partial charge on any atom is -0.288 e. The van der Waals surface area contributed by atoms with Crippen molar-refractivity contribution in [2.24, 2.45) is 0 Å². The Hall–Kier alpha value is -1.41. The largest absolute Gasteiger partial charge is 0.288 e. The molecule has 0 fully saturated rings. The van der Waals surface area contributed by atoms with Crippen molar-refractivity contribution < 1.29 is 7.54 Å². The Labute approximate surface area is 96.2 Å². The van der Waals surface area contributed by atoms with Crippen LogP contribution in [0.3, 0.4) is 0 Å². The van der Waals surface area contributed by atoms with Gasteiger partial charge in [0, 0.05) is 11.8 Å². The Morgan fingerprint density at radius 3 is 2.73 bits per heavy atom. The zero-order chi connectivity index (χ0) is 12.4. The molecule has 0 saturated carbocycles. The molecule has 15 heavy (non-hydrogen) atoms. The number of benzene rings is 1. The molecule has 1 aromatic carbocycles. The van der Waals surface area contributed by atoms with Gasteiger partial charge in [0.15, 0.2) is 0 Å². The average Bonchev–Trinajstić information content (AvgIpc) is 2.71. The molecule has 0 amide bonds. The van der Waals surface area contributed by atoms with E-state index in [1.807, 2.05) is 18.2 Å². The SMILES string of the molecule is [2H]c1cc(C(=O)c2ccccc2)sc1C([2H])C. The highest BCUT2D eigenvalue weighted by Crippen LogP contribution is 2.20. The monoisotopic (exact) mass is 218 g/mol. The van der Waals surface area contributed by atoms with Gasteiger partial charge in [-0.15, -0.1) is 11.3 Å². The van der Waals surface area contributed by atoms with E-state index in [2.05, 4.69) is 0 Å². The first-order chi connectivity index (χ1) is 8.09. The fourth-order valence-corrected chi connectivity index (χ4v) is 2.10. The van der Waals surface area contributed by atoms with Crippen molar-refractivity contribution >= 4 is 17.1 Å². The molecule has 1 nitrogen and oxygen atoms in total. The highest BCUT2D eigenvalue weighted by atomic mass is 32.1. The smallest absolute Gasteiger partial charge is 0.202 e. The van der Waals surface area contributed by atoms with E-state index >= 15 is 0 Å². The second-order valence-corrected chi connectivity index (χ2v) is 4.19. The molecule has 0 aliphatic rings. The van der Waals surface area contributed by atoms with Crippen molar-refractivity contribution in [3.8, 4) is 0 Å². The quantitative estimate of drug-likeness (QED) is 0.720. The van der Waals surface area contributed by atoms with Crippen LogP contribution in [-0.2, 0) is 6.40 Å². The van der Waals surface area contributed by atoms with Crippen LogP contribution in [0.15, 0.2) is 42.4 Å². The van der Waals surface area contributed by atoms with Crippen molar-refractivity contribution in [3.05, 3.63) is 57.8 Å². The summed E-state index contributed by atoms with van der Waals surface area (Å²) in [6, 6.07) is 10.9. The molecule has 2 rings (SSSR count). The van der Waals surface area contributed by atoms with Gasteiger partial charge < -0.3 is 0 Å². The number of hydrogen-bond donors (Lipinski definition) is 0. The fraction of sp³-hybridized carbons (Fsp3) is 0.154.